The van der Waals surface area contributed by atoms with E-state index in [0.717, 1.165) is 18.3 Å². The maximum Gasteiger partial charge on any atom is 0.0832 e. The highest BCUT2D eigenvalue weighted by Crippen LogP contribution is 2.58. The Morgan fingerprint density at radius 3 is 1.75 bits per heavy atom. The van der Waals surface area contributed by atoms with Crippen molar-refractivity contribution in [2.75, 3.05) is 0 Å². The van der Waals surface area contributed by atoms with Gasteiger partial charge < -0.3 is 10.2 Å². The predicted octanol–water partition coefficient (Wildman–Crippen LogP) is 0.774. The lowest BCUT2D eigenvalue weighted by Gasteiger charge is -2.32. The van der Waals surface area contributed by atoms with Gasteiger partial charge in [0.15, 0.2) is 0 Å². The molecule has 0 aromatic carbocycles. The average molecular weight is 168 g/mol. The highest BCUT2D eigenvalue weighted by atomic mass is 16.3. The molecular weight excluding hydrogens is 152 g/mol. The summed E-state index contributed by atoms with van der Waals surface area (Å²) in [6.45, 7) is 0. The Balaban J connectivity index is 1.92. The Morgan fingerprint density at radius 1 is 0.750 bits per heavy atom. The minimum absolute atomic E-state index is 0.394. The smallest absolute Gasteiger partial charge is 0.0832 e. The molecule has 3 aliphatic rings. The number of hydrogen-bond donors (Lipinski definition) is 2. The molecule has 0 amide bonds. The monoisotopic (exact) mass is 168 g/mol. The Kier molecular flexibility index (Phi) is 1.37. The molecule has 0 heterocycles. The van der Waals surface area contributed by atoms with E-state index in [1.807, 2.05) is 0 Å². The molecule has 2 nitrogen and oxygen atoms in total. The van der Waals surface area contributed by atoms with Crippen LogP contribution in [0.15, 0.2) is 0 Å². The van der Waals surface area contributed by atoms with E-state index in [2.05, 4.69) is 0 Å². The minimum Gasteiger partial charge on any atom is -0.390 e. The normalized spacial score (nSPS) is 62.5. The van der Waals surface area contributed by atoms with Crippen LogP contribution in [0.2, 0.25) is 0 Å². The second-order valence-electron chi connectivity index (χ2n) is 4.80. The molecule has 6 atom stereocenters. The van der Waals surface area contributed by atoms with Gasteiger partial charge in [0.05, 0.1) is 12.2 Å². The van der Waals surface area contributed by atoms with E-state index < -0.39 is 12.2 Å². The van der Waals surface area contributed by atoms with Crippen molar-refractivity contribution in [1.82, 2.24) is 0 Å². The molecule has 2 bridgehead atoms. The van der Waals surface area contributed by atoms with Gasteiger partial charge >= 0.3 is 0 Å². The summed E-state index contributed by atoms with van der Waals surface area (Å²) < 4.78 is 0. The average Bonchev–Trinajstić information content (AvgIpc) is 2.63. The summed E-state index contributed by atoms with van der Waals surface area (Å²) in [7, 11) is 0. The Morgan fingerprint density at radius 2 is 1.25 bits per heavy atom. The Bertz CT molecular complexity index is 184. The Labute approximate surface area is 72.6 Å². The van der Waals surface area contributed by atoms with E-state index >= 15 is 0 Å². The van der Waals surface area contributed by atoms with Gasteiger partial charge in [-0.2, -0.15) is 0 Å². The Hall–Kier alpha value is -0.0800. The third-order valence-electron chi connectivity index (χ3n) is 4.50. The van der Waals surface area contributed by atoms with Crippen molar-refractivity contribution in [3.8, 4) is 0 Å². The van der Waals surface area contributed by atoms with Crippen LogP contribution in [0.3, 0.4) is 0 Å². The summed E-state index contributed by atoms with van der Waals surface area (Å²) in [5, 5.41) is 19.4. The summed E-state index contributed by atoms with van der Waals surface area (Å²) >= 11 is 0. The molecule has 0 aromatic rings. The molecule has 3 aliphatic carbocycles. The van der Waals surface area contributed by atoms with Gasteiger partial charge in [-0.15, -0.1) is 0 Å². The molecule has 0 spiro atoms. The van der Waals surface area contributed by atoms with Crippen molar-refractivity contribution < 1.29 is 10.2 Å². The van der Waals surface area contributed by atoms with Gasteiger partial charge in [0, 0.05) is 0 Å². The largest absolute Gasteiger partial charge is 0.390 e. The minimum atomic E-state index is -0.394. The van der Waals surface area contributed by atoms with Gasteiger partial charge in [0.1, 0.15) is 0 Å². The summed E-state index contributed by atoms with van der Waals surface area (Å²) in [6.07, 6.45) is 4.23. The number of aliphatic hydroxyl groups excluding tert-OH is 2. The molecule has 0 aliphatic heterocycles. The van der Waals surface area contributed by atoms with E-state index in [4.69, 9.17) is 0 Å². The van der Waals surface area contributed by atoms with Crippen LogP contribution in [-0.2, 0) is 0 Å². The SMILES string of the molecule is OC1C(O)[C@@H]2C[C@H]1[C@@H]1CCC[C@@H]12. The fraction of sp³-hybridized carbons (Fsp3) is 1.00. The molecule has 3 rings (SSSR count). The summed E-state index contributed by atoms with van der Waals surface area (Å²) in [6, 6.07) is 0. The molecule has 0 radical (unpaired) electrons. The maximum absolute atomic E-state index is 9.68. The van der Waals surface area contributed by atoms with E-state index in [0.29, 0.717) is 11.8 Å². The molecule has 68 valence electrons. The van der Waals surface area contributed by atoms with Gasteiger partial charge in [-0.25, -0.2) is 0 Å². The fourth-order valence-electron chi connectivity index (χ4n) is 4.04. The van der Waals surface area contributed by atoms with Crippen molar-refractivity contribution in [3.63, 3.8) is 0 Å². The maximum atomic E-state index is 9.68. The van der Waals surface area contributed by atoms with Crippen molar-refractivity contribution in [3.05, 3.63) is 0 Å². The molecule has 2 N–H and O–H groups in total. The zero-order chi connectivity index (χ0) is 8.29. The first-order chi connectivity index (χ1) is 5.79. The molecule has 0 saturated heterocycles. The predicted molar refractivity (Wildman–Crippen MR) is 44.4 cm³/mol. The number of hydrogen-bond acceptors (Lipinski definition) is 2. The zero-order valence-electron chi connectivity index (χ0n) is 7.19. The first-order valence-electron chi connectivity index (χ1n) is 5.15. The molecule has 3 fully saturated rings. The van der Waals surface area contributed by atoms with Crippen molar-refractivity contribution >= 4 is 0 Å². The molecule has 2 unspecified atom stereocenters. The lowest BCUT2D eigenvalue weighted by Crippen LogP contribution is -2.39. The van der Waals surface area contributed by atoms with E-state index in [1.54, 1.807) is 0 Å². The quantitative estimate of drug-likeness (QED) is 0.561. The number of fused-ring (bicyclic) bond motifs is 5. The summed E-state index contributed by atoms with van der Waals surface area (Å²) in [5.74, 6) is 2.40. The summed E-state index contributed by atoms with van der Waals surface area (Å²) in [5.41, 5.74) is 0. The van der Waals surface area contributed by atoms with Gasteiger partial charge in [-0.1, -0.05) is 6.42 Å². The van der Waals surface area contributed by atoms with Crippen LogP contribution in [-0.4, -0.2) is 22.4 Å². The van der Waals surface area contributed by atoms with Crippen LogP contribution in [0, 0.1) is 23.7 Å². The zero-order valence-corrected chi connectivity index (χ0v) is 7.19. The molecule has 2 heteroatoms. The van der Waals surface area contributed by atoms with Gasteiger partial charge in [0.2, 0.25) is 0 Å². The van der Waals surface area contributed by atoms with Gasteiger partial charge in [0.25, 0.3) is 0 Å². The lowest BCUT2D eigenvalue weighted by molar-refractivity contribution is -0.0497. The van der Waals surface area contributed by atoms with Crippen molar-refractivity contribution in [2.24, 2.45) is 23.7 Å². The van der Waals surface area contributed by atoms with Crippen LogP contribution < -0.4 is 0 Å². The summed E-state index contributed by atoms with van der Waals surface area (Å²) in [4.78, 5) is 0. The topological polar surface area (TPSA) is 40.5 Å². The van der Waals surface area contributed by atoms with Crippen LogP contribution >= 0.6 is 0 Å². The number of aliphatic hydroxyl groups is 2. The highest BCUT2D eigenvalue weighted by Gasteiger charge is 2.58. The third-order valence-corrected chi connectivity index (χ3v) is 4.50. The molecule has 3 saturated carbocycles. The van der Waals surface area contributed by atoms with Crippen LogP contribution in [0.25, 0.3) is 0 Å². The first-order valence-corrected chi connectivity index (χ1v) is 5.15. The third kappa shape index (κ3) is 0.686. The second kappa shape index (κ2) is 2.24. The van der Waals surface area contributed by atoms with E-state index in [9.17, 15) is 10.2 Å². The van der Waals surface area contributed by atoms with E-state index in [-0.39, 0.29) is 0 Å². The van der Waals surface area contributed by atoms with Crippen LogP contribution in [0.4, 0.5) is 0 Å². The molecular formula is C10H16O2. The van der Waals surface area contributed by atoms with Crippen LogP contribution in [0.5, 0.6) is 0 Å². The van der Waals surface area contributed by atoms with E-state index in [1.165, 1.54) is 19.3 Å². The fourth-order valence-corrected chi connectivity index (χ4v) is 4.04. The second-order valence-corrected chi connectivity index (χ2v) is 4.80. The van der Waals surface area contributed by atoms with Gasteiger partial charge in [-0.3, -0.25) is 0 Å². The standard InChI is InChI=1S/C10H16O2/c11-9-7-4-8(10(9)12)6-3-1-2-5(6)7/h5-12H,1-4H2/t5-,6+,7+,8-,9?,10?. The van der Waals surface area contributed by atoms with Crippen LogP contribution in [0.1, 0.15) is 25.7 Å². The number of rotatable bonds is 0. The first kappa shape index (κ1) is 7.34. The lowest BCUT2D eigenvalue weighted by atomic mass is 9.79. The molecule has 0 aromatic heterocycles. The van der Waals surface area contributed by atoms with Crippen molar-refractivity contribution in [1.29, 1.82) is 0 Å². The van der Waals surface area contributed by atoms with Crippen molar-refractivity contribution in [2.45, 2.75) is 37.9 Å². The van der Waals surface area contributed by atoms with Gasteiger partial charge in [-0.05, 0) is 42.9 Å². The molecule has 12 heavy (non-hydrogen) atoms. The highest BCUT2D eigenvalue weighted by molar-refractivity contribution is 5.07.